The van der Waals surface area contributed by atoms with Crippen LogP contribution in [-0.4, -0.2) is 44.0 Å². The van der Waals surface area contributed by atoms with Gasteiger partial charge in [-0.2, -0.15) is 0 Å². The SMILES string of the molecule is C=C[C@H](O[Si](CC)(CC)CC)[C@@H](C)C(=O)N1C(=O)OC[C@H]1Cc1ccccc1. The zero-order valence-corrected chi connectivity index (χ0v) is 18.5. The monoisotopic (exact) mass is 403 g/mol. The van der Waals surface area contributed by atoms with Crippen molar-refractivity contribution in [3.8, 4) is 0 Å². The van der Waals surface area contributed by atoms with Crippen LogP contribution in [0.15, 0.2) is 43.0 Å². The van der Waals surface area contributed by atoms with Crippen molar-refractivity contribution < 1.29 is 18.8 Å². The highest BCUT2D eigenvalue weighted by Gasteiger charge is 2.42. The lowest BCUT2D eigenvalue weighted by Crippen LogP contribution is -2.48. The van der Waals surface area contributed by atoms with Crippen molar-refractivity contribution in [3.05, 3.63) is 48.6 Å². The Balaban J connectivity index is 2.16. The standard InChI is InChI=1S/C22H33NO4Si/c1-6-20(27-28(7-2,8-3)9-4)17(5)21(24)23-19(16-26-22(23)25)15-18-13-11-10-12-14-18/h6,10-14,17,19-20H,1,7-9,15-16H2,2-5H3/t17-,19-,20+/m1/s1. The Kier molecular flexibility index (Phi) is 8.01. The Hall–Kier alpha value is -1.92. The number of benzene rings is 1. The summed E-state index contributed by atoms with van der Waals surface area (Å²) in [6.45, 7) is 12.4. The average Bonchev–Trinajstić information content (AvgIpc) is 3.09. The number of ether oxygens (including phenoxy) is 1. The second kappa shape index (κ2) is 10.0. The molecule has 3 atom stereocenters. The van der Waals surface area contributed by atoms with Crippen LogP contribution in [0.4, 0.5) is 4.79 Å². The van der Waals surface area contributed by atoms with Gasteiger partial charge in [-0.15, -0.1) is 6.58 Å². The summed E-state index contributed by atoms with van der Waals surface area (Å²) in [4.78, 5) is 26.8. The van der Waals surface area contributed by atoms with Crippen LogP contribution < -0.4 is 0 Å². The summed E-state index contributed by atoms with van der Waals surface area (Å²) in [6.07, 6.45) is 1.33. The third-order valence-electron chi connectivity index (χ3n) is 5.95. The summed E-state index contributed by atoms with van der Waals surface area (Å²) in [7, 11) is -1.90. The topological polar surface area (TPSA) is 55.8 Å². The molecule has 0 radical (unpaired) electrons. The highest BCUT2D eigenvalue weighted by molar-refractivity contribution is 6.73. The summed E-state index contributed by atoms with van der Waals surface area (Å²) in [5, 5.41) is 0. The van der Waals surface area contributed by atoms with Crippen molar-refractivity contribution in [1.82, 2.24) is 4.90 Å². The quantitative estimate of drug-likeness (QED) is 0.416. The zero-order chi connectivity index (χ0) is 20.7. The van der Waals surface area contributed by atoms with Gasteiger partial charge in [0.1, 0.15) is 6.61 Å². The molecule has 0 N–H and O–H groups in total. The van der Waals surface area contributed by atoms with E-state index in [1.807, 2.05) is 37.3 Å². The third-order valence-corrected chi connectivity index (χ3v) is 10.6. The molecular weight excluding hydrogens is 370 g/mol. The van der Waals surface area contributed by atoms with Crippen LogP contribution in [0.1, 0.15) is 33.3 Å². The van der Waals surface area contributed by atoms with Gasteiger partial charge in [-0.1, -0.05) is 64.1 Å². The molecule has 1 aromatic carbocycles. The highest BCUT2D eigenvalue weighted by Crippen LogP contribution is 2.28. The second-order valence-electron chi connectivity index (χ2n) is 7.48. The lowest BCUT2D eigenvalue weighted by Gasteiger charge is -2.35. The molecule has 1 heterocycles. The second-order valence-corrected chi connectivity index (χ2v) is 12.2. The van der Waals surface area contributed by atoms with Gasteiger partial charge in [-0.05, 0) is 30.1 Å². The predicted molar refractivity (Wildman–Crippen MR) is 114 cm³/mol. The maximum Gasteiger partial charge on any atom is 0.416 e. The van der Waals surface area contributed by atoms with Crippen molar-refractivity contribution >= 4 is 20.3 Å². The van der Waals surface area contributed by atoms with E-state index in [-0.39, 0.29) is 18.6 Å². The fourth-order valence-corrected chi connectivity index (χ4v) is 6.65. The average molecular weight is 404 g/mol. The van der Waals surface area contributed by atoms with Crippen LogP contribution in [0.2, 0.25) is 18.1 Å². The first-order valence-corrected chi connectivity index (χ1v) is 12.8. The van der Waals surface area contributed by atoms with Crippen molar-refractivity contribution in [3.63, 3.8) is 0 Å². The van der Waals surface area contributed by atoms with E-state index < -0.39 is 26.4 Å². The molecule has 1 aliphatic rings. The summed E-state index contributed by atoms with van der Waals surface area (Å²) in [6, 6.07) is 12.5. The van der Waals surface area contributed by atoms with E-state index in [9.17, 15) is 9.59 Å². The number of hydrogen-bond acceptors (Lipinski definition) is 4. The Morgan fingerprint density at radius 1 is 1.29 bits per heavy atom. The molecule has 5 nitrogen and oxygen atoms in total. The largest absolute Gasteiger partial charge is 0.447 e. The van der Waals surface area contributed by atoms with E-state index in [0.717, 1.165) is 23.7 Å². The van der Waals surface area contributed by atoms with Gasteiger partial charge in [0.2, 0.25) is 5.91 Å². The first-order chi connectivity index (χ1) is 13.4. The number of amides is 2. The fraction of sp³-hybridized carbons (Fsp3) is 0.545. The van der Waals surface area contributed by atoms with Crippen LogP contribution >= 0.6 is 0 Å². The maximum absolute atomic E-state index is 13.2. The summed E-state index contributed by atoms with van der Waals surface area (Å²) in [5.74, 6) is -0.738. The molecule has 2 amide bonds. The van der Waals surface area contributed by atoms with Gasteiger partial charge in [-0.3, -0.25) is 4.79 Å². The molecular formula is C22H33NO4Si. The molecule has 28 heavy (non-hydrogen) atoms. The first-order valence-electron chi connectivity index (χ1n) is 10.2. The summed E-state index contributed by atoms with van der Waals surface area (Å²) in [5.41, 5.74) is 1.07. The molecule has 1 fully saturated rings. The number of hydrogen-bond donors (Lipinski definition) is 0. The van der Waals surface area contributed by atoms with E-state index in [1.54, 1.807) is 6.08 Å². The normalized spacial score (nSPS) is 19.2. The molecule has 0 spiro atoms. The lowest BCUT2D eigenvalue weighted by molar-refractivity contribution is -0.135. The van der Waals surface area contributed by atoms with E-state index in [4.69, 9.17) is 9.16 Å². The smallest absolute Gasteiger partial charge is 0.416 e. The summed E-state index contributed by atoms with van der Waals surface area (Å²) >= 11 is 0. The van der Waals surface area contributed by atoms with Gasteiger partial charge in [0.25, 0.3) is 0 Å². The van der Waals surface area contributed by atoms with Crippen molar-refractivity contribution in [2.24, 2.45) is 5.92 Å². The molecule has 1 saturated heterocycles. The molecule has 2 rings (SSSR count). The van der Waals surface area contributed by atoms with Crippen LogP contribution in [0.3, 0.4) is 0 Å². The van der Waals surface area contributed by atoms with Crippen LogP contribution in [0, 0.1) is 5.92 Å². The Bertz CT molecular complexity index is 666. The lowest BCUT2D eigenvalue weighted by atomic mass is 10.0. The number of imide groups is 1. The number of carbonyl (C=O) groups excluding carboxylic acids is 2. The minimum atomic E-state index is -1.90. The molecule has 154 valence electrons. The number of rotatable bonds is 10. The number of cyclic esters (lactones) is 1. The molecule has 1 aliphatic heterocycles. The van der Waals surface area contributed by atoms with Gasteiger partial charge in [0.05, 0.1) is 18.1 Å². The number of nitrogens with zero attached hydrogens (tertiary/aromatic N) is 1. The van der Waals surface area contributed by atoms with Gasteiger partial charge >= 0.3 is 6.09 Å². The van der Waals surface area contributed by atoms with Gasteiger partial charge in [0, 0.05) is 0 Å². The van der Waals surface area contributed by atoms with Crippen molar-refractivity contribution in [2.75, 3.05) is 6.61 Å². The molecule has 6 heteroatoms. The Morgan fingerprint density at radius 2 is 1.89 bits per heavy atom. The first kappa shape index (κ1) is 22.4. The zero-order valence-electron chi connectivity index (χ0n) is 17.5. The Morgan fingerprint density at radius 3 is 2.43 bits per heavy atom. The molecule has 0 saturated carbocycles. The van der Waals surface area contributed by atoms with E-state index in [2.05, 4.69) is 27.4 Å². The molecule has 0 bridgehead atoms. The van der Waals surface area contributed by atoms with Gasteiger partial charge in [-0.25, -0.2) is 9.69 Å². The van der Waals surface area contributed by atoms with Crippen molar-refractivity contribution in [1.29, 1.82) is 0 Å². The molecule has 1 aromatic rings. The summed E-state index contributed by atoms with van der Waals surface area (Å²) < 4.78 is 11.7. The maximum atomic E-state index is 13.2. The number of carbonyl (C=O) groups is 2. The molecule has 0 aromatic heterocycles. The predicted octanol–water partition coefficient (Wildman–Crippen LogP) is 4.79. The molecule has 0 aliphatic carbocycles. The van der Waals surface area contributed by atoms with Crippen LogP contribution in [0.25, 0.3) is 0 Å². The van der Waals surface area contributed by atoms with E-state index in [0.29, 0.717) is 6.42 Å². The van der Waals surface area contributed by atoms with Crippen LogP contribution in [-0.2, 0) is 20.4 Å². The minimum absolute atomic E-state index is 0.226. The van der Waals surface area contributed by atoms with Crippen LogP contribution in [0.5, 0.6) is 0 Å². The van der Waals surface area contributed by atoms with E-state index in [1.165, 1.54) is 4.90 Å². The van der Waals surface area contributed by atoms with Crippen molar-refractivity contribution in [2.45, 2.75) is 64.4 Å². The van der Waals surface area contributed by atoms with E-state index >= 15 is 0 Å². The molecule has 0 unspecified atom stereocenters. The Labute approximate surface area is 169 Å². The third kappa shape index (κ3) is 4.91. The van der Waals surface area contributed by atoms with Gasteiger partial charge in [0.15, 0.2) is 8.32 Å². The minimum Gasteiger partial charge on any atom is -0.447 e. The fourth-order valence-electron chi connectivity index (χ4n) is 3.77. The highest BCUT2D eigenvalue weighted by atomic mass is 28.4. The van der Waals surface area contributed by atoms with Gasteiger partial charge < -0.3 is 9.16 Å².